The smallest absolute Gasteiger partial charge is 0.241 e. The highest BCUT2D eigenvalue weighted by atomic mass is 16.3. The summed E-state index contributed by atoms with van der Waals surface area (Å²) in [6, 6.07) is 0. The SMILES string of the molecule is CC(C)=CCC/C(C)=C/CC/C(=C/CC/C(C)=C/C(N)=O)CO. The molecule has 0 aromatic carbocycles. The number of carbonyl (C=O) groups is 1. The van der Waals surface area contributed by atoms with Crippen LogP contribution in [0, 0.1) is 0 Å². The van der Waals surface area contributed by atoms with Gasteiger partial charge in [0, 0.05) is 6.08 Å². The number of aliphatic hydroxyl groups is 1. The minimum Gasteiger partial charge on any atom is -0.392 e. The van der Waals surface area contributed by atoms with Crippen LogP contribution in [0.2, 0.25) is 0 Å². The zero-order valence-corrected chi connectivity index (χ0v) is 15.2. The largest absolute Gasteiger partial charge is 0.392 e. The van der Waals surface area contributed by atoms with E-state index in [9.17, 15) is 9.90 Å². The molecule has 3 nitrogen and oxygen atoms in total. The first kappa shape index (κ1) is 21.4. The zero-order valence-electron chi connectivity index (χ0n) is 15.2. The van der Waals surface area contributed by atoms with Gasteiger partial charge in [0.15, 0.2) is 0 Å². The lowest BCUT2D eigenvalue weighted by molar-refractivity contribution is -0.113. The summed E-state index contributed by atoms with van der Waals surface area (Å²) in [6.07, 6.45) is 13.7. The van der Waals surface area contributed by atoms with Gasteiger partial charge in [0.2, 0.25) is 5.91 Å². The third kappa shape index (κ3) is 13.8. The highest BCUT2D eigenvalue weighted by molar-refractivity contribution is 5.86. The Kier molecular flexibility index (Phi) is 12.0. The predicted octanol–water partition coefficient (Wildman–Crippen LogP) is 4.59. The second kappa shape index (κ2) is 12.9. The Morgan fingerprint density at radius 1 is 0.870 bits per heavy atom. The van der Waals surface area contributed by atoms with Crippen LogP contribution in [0.25, 0.3) is 0 Å². The van der Waals surface area contributed by atoms with E-state index >= 15 is 0 Å². The molecule has 0 spiro atoms. The van der Waals surface area contributed by atoms with Gasteiger partial charge in [-0.15, -0.1) is 0 Å². The number of nitrogens with two attached hydrogens (primary N) is 1. The van der Waals surface area contributed by atoms with Gasteiger partial charge in [-0.05, 0) is 71.8 Å². The molecule has 0 aliphatic heterocycles. The van der Waals surface area contributed by atoms with Crippen molar-refractivity contribution in [3.05, 3.63) is 46.6 Å². The maximum atomic E-state index is 10.8. The van der Waals surface area contributed by atoms with Gasteiger partial charge in [0.25, 0.3) is 0 Å². The van der Waals surface area contributed by atoms with Gasteiger partial charge in [0.05, 0.1) is 6.61 Å². The molecular formula is C20H33NO2. The van der Waals surface area contributed by atoms with Crippen LogP contribution in [0.4, 0.5) is 0 Å². The molecule has 0 fully saturated rings. The van der Waals surface area contributed by atoms with E-state index in [2.05, 4.69) is 39.0 Å². The number of aliphatic hydroxyl groups excluding tert-OH is 1. The van der Waals surface area contributed by atoms with Crippen LogP contribution in [-0.2, 0) is 4.79 Å². The van der Waals surface area contributed by atoms with Gasteiger partial charge in [-0.25, -0.2) is 0 Å². The molecule has 130 valence electrons. The van der Waals surface area contributed by atoms with E-state index in [-0.39, 0.29) is 6.61 Å². The minimum atomic E-state index is -0.400. The number of rotatable bonds is 11. The van der Waals surface area contributed by atoms with Crippen molar-refractivity contribution < 1.29 is 9.90 Å². The lowest BCUT2D eigenvalue weighted by Crippen LogP contribution is -2.06. The monoisotopic (exact) mass is 319 g/mol. The summed E-state index contributed by atoms with van der Waals surface area (Å²) in [5.74, 6) is -0.400. The lowest BCUT2D eigenvalue weighted by Gasteiger charge is -2.04. The number of hydrogen-bond donors (Lipinski definition) is 2. The molecule has 0 unspecified atom stereocenters. The molecule has 1 amide bonds. The van der Waals surface area contributed by atoms with E-state index < -0.39 is 5.91 Å². The summed E-state index contributed by atoms with van der Waals surface area (Å²) in [6.45, 7) is 8.41. The van der Waals surface area contributed by atoms with Crippen molar-refractivity contribution in [2.45, 2.75) is 66.2 Å². The minimum absolute atomic E-state index is 0.100. The Bertz CT molecular complexity index is 478. The number of hydrogen-bond acceptors (Lipinski definition) is 2. The molecule has 0 bridgehead atoms. The highest BCUT2D eigenvalue weighted by Gasteiger charge is 1.97. The van der Waals surface area contributed by atoms with Crippen molar-refractivity contribution in [3.63, 3.8) is 0 Å². The summed E-state index contributed by atoms with van der Waals surface area (Å²) in [5, 5.41) is 9.42. The van der Waals surface area contributed by atoms with Crippen LogP contribution in [-0.4, -0.2) is 17.6 Å². The van der Waals surface area contributed by atoms with Gasteiger partial charge in [-0.3, -0.25) is 4.79 Å². The van der Waals surface area contributed by atoms with Gasteiger partial charge in [0.1, 0.15) is 0 Å². The lowest BCUT2D eigenvalue weighted by atomic mass is 10.0. The number of allylic oxidation sites excluding steroid dienone is 6. The van der Waals surface area contributed by atoms with E-state index in [0.717, 1.165) is 49.7 Å². The number of primary amides is 1. The topological polar surface area (TPSA) is 63.3 Å². The first-order chi connectivity index (χ1) is 10.8. The fourth-order valence-electron chi connectivity index (χ4n) is 2.26. The molecule has 23 heavy (non-hydrogen) atoms. The van der Waals surface area contributed by atoms with Gasteiger partial charge >= 0.3 is 0 Å². The molecular weight excluding hydrogens is 286 g/mol. The summed E-state index contributed by atoms with van der Waals surface area (Å²) < 4.78 is 0. The van der Waals surface area contributed by atoms with Crippen molar-refractivity contribution in [2.75, 3.05) is 6.61 Å². The van der Waals surface area contributed by atoms with Gasteiger partial charge in [-0.1, -0.05) is 34.9 Å². The second-order valence-electron chi connectivity index (χ2n) is 6.36. The Morgan fingerprint density at radius 3 is 2.00 bits per heavy atom. The fraction of sp³-hybridized carbons (Fsp3) is 0.550. The molecule has 0 aliphatic rings. The van der Waals surface area contributed by atoms with E-state index in [0.29, 0.717) is 0 Å². The normalized spacial score (nSPS) is 13.2. The molecule has 0 aliphatic carbocycles. The average molecular weight is 319 g/mol. The van der Waals surface area contributed by atoms with Crippen LogP contribution in [0.3, 0.4) is 0 Å². The first-order valence-electron chi connectivity index (χ1n) is 8.39. The van der Waals surface area contributed by atoms with Crippen molar-refractivity contribution in [3.8, 4) is 0 Å². The van der Waals surface area contributed by atoms with E-state index in [1.807, 2.05) is 6.92 Å². The van der Waals surface area contributed by atoms with Crippen molar-refractivity contribution in [1.82, 2.24) is 0 Å². The molecule has 0 atom stereocenters. The zero-order chi connectivity index (χ0) is 17.7. The van der Waals surface area contributed by atoms with Crippen LogP contribution >= 0.6 is 0 Å². The highest BCUT2D eigenvalue weighted by Crippen LogP contribution is 2.13. The summed E-state index contributed by atoms with van der Waals surface area (Å²) in [7, 11) is 0. The van der Waals surface area contributed by atoms with E-state index in [1.54, 1.807) is 0 Å². The summed E-state index contributed by atoms with van der Waals surface area (Å²) in [5.41, 5.74) is 9.92. The molecule has 3 heteroatoms. The van der Waals surface area contributed by atoms with Crippen LogP contribution < -0.4 is 5.73 Å². The summed E-state index contributed by atoms with van der Waals surface area (Å²) >= 11 is 0. The quantitative estimate of drug-likeness (QED) is 0.432. The van der Waals surface area contributed by atoms with Crippen molar-refractivity contribution in [2.24, 2.45) is 5.73 Å². The fourth-order valence-corrected chi connectivity index (χ4v) is 2.26. The Labute approximate surface area is 141 Å². The molecule has 0 saturated carbocycles. The third-order valence-corrected chi connectivity index (χ3v) is 3.61. The van der Waals surface area contributed by atoms with Crippen LogP contribution in [0.5, 0.6) is 0 Å². The van der Waals surface area contributed by atoms with Crippen molar-refractivity contribution in [1.29, 1.82) is 0 Å². The third-order valence-electron chi connectivity index (χ3n) is 3.61. The Hall–Kier alpha value is -1.61. The van der Waals surface area contributed by atoms with Gasteiger partial charge in [-0.2, -0.15) is 0 Å². The number of amides is 1. The number of carbonyl (C=O) groups excluding carboxylic acids is 1. The maximum absolute atomic E-state index is 10.8. The van der Waals surface area contributed by atoms with E-state index in [4.69, 9.17) is 5.73 Å². The van der Waals surface area contributed by atoms with Crippen LogP contribution in [0.1, 0.15) is 66.2 Å². The van der Waals surface area contributed by atoms with Crippen molar-refractivity contribution >= 4 is 5.91 Å². The molecule has 0 rings (SSSR count). The van der Waals surface area contributed by atoms with E-state index in [1.165, 1.54) is 17.2 Å². The second-order valence-corrected chi connectivity index (χ2v) is 6.36. The summed E-state index contributed by atoms with van der Waals surface area (Å²) in [4.78, 5) is 10.8. The Balaban J connectivity index is 4.20. The molecule has 0 radical (unpaired) electrons. The first-order valence-corrected chi connectivity index (χ1v) is 8.39. The Morgan fingerprint density at radius 2 is 1.43 bits per heavy atom. The molecule has 0 aromatic heterocycles. The average Bonchev–Trinajstić information content (AvgIpc) is 2.44. The standard InChI is InChI=1S/C20H33NO2/c1-16(2)8-5-9-17(3)10-6-12-19(15-22)13-7-11-18(4)14-20(21)23/h8,10,13-14,22H,5-7,9,11-12,15H2,1-4H3,(H2,21,23)/b17-10+,18-14+,19-13-. The maximum Gasteiger partial charge on any atom is 0.241 e. The van der Waals surface area contributed by atoms with Crippen LogP contribution in [0.15, 0.2) is 46.6 Å². The molecule has 3 N–H and O–H groups in total. The van der Waals surface area contributed by atoms with Gasteiger partial charge < -0.3 is 10.8 Å². The molecule has 0 heterocycles. The predicted molar refractivity (Wildman–Crippen MR) is 99.0 cm³/mol. The molecule has 0 saturated heterocycles. The molecule has 0 aromatic rings.